The predicted octanol–water partition coefficient (Wildman–Crippen LogP) is 24.0. The molecule has 19 heteroatoms. The van der Waals surface area contributed by atoms with Crippen LogP contribution < -0.4 is 0 Å². The van der Waals surface area contributed by atoms with E-state index >= 15 is 0 Å². The van der Waals surface area contributed by atoms with Crippen LogP contribution in [0.2, 0.25) is 0 Å². The number of rotatable bonds is 78. The van der Waals surface area contributed by atoms with Gasteiger partial charge >= 0.3 is 39.5 Å². The number of unbranched alkanes of at least 4 members (excludes halogenated alkanes) is 42. The summed E-state index contributed by atoms with van der Waals surface area (Å²) in [7, 11) is -9.92. The summed E-state index contributed by atoms with van der Waals surface area (Å²) in [6.45, 7) is 14.3. The van der Waals surface area contributed by atoms with Crippen molar-refractivity contribution in [1.82, 2.24) is 0 Å². The van der Waals surface area contributed by atoms with Crippen molar-refractivity contribution in [2.24, 2.45) is 23.7 Å². The van der Waals surface area contributed by atoms with Crippen LogP contribution in [0, 0.1) is 23.7 Å². The SMILES string of the molecule is CCC(C)CCCCCCCCCCCCCCCCCCCCC(=O)O[C@H](COC(=O)CCCCCCCCCCCCCCC(C)C)COP(=O)(O)OC[C@@H](O)COP(=O)(O)OC[C@@H](COC(=O)CCCCCCCCC(C)CC)OC(=O)CCCCCCCCCCCCC(C)C. The smallest absolute Gasteiger partial charge is 0.462 e. The quantitative estimate of drug-likeness (QED) is 0.0222. The van der Waals surface area contributed by atoms with E-state index < -0.39 is 97.5 Å². The van der Waals surface area contributed by atoms with Crippen LogP contribution in [0.1, 0.15) is 415 Å². The van der Waals surface area contributed by atoms with E-state index in [0.717, 1.165) is 120 Å². The van der Waals surface area contributed by atoms with Crippen molar-refractivity contribution in [2.75, 3.05) is 39.6 Å². The van der Waals surface area contributed by atoms with E-state index in [2.05, 4.69) is 55.4 Å². The van der Waals surface area contributed by atoms with E-state index in [4.69, 9.17) is 37.0 Å². The molecule has 0 aliphatic rings. The summed E-state index contributed by atoms with van der Waals surface area (Å²) in [5, 5.41) is 10.6. The van der Waals surface area contributed by atoms with Crippen LogP contribution in [0.3, 0.4) is 0 Å². The minimum atomic E-state index is -4.96. The largest absolute Gasteiger partial charge is 0.472 e. The summed E-state index contributed by atoms with van der Waals surface area (Å²) >= 11 is 0. The molecule has 0 saturated heterocycles. The monoisotopic (exact) mass is 1470 g/mol. The molecule has 0 saturated carbocycles. The number of ether oxygens (including phenoxy) is 4. The summed E-state index contributed by atoms with van der Waals surface area (Å²) in [5.74, 6) is 1.02. The van der Waals surface area contributed by atoms with Crippen molar-refractivity contribution in [1.29, 1.82) is 0 Å². The molecule has 0 fully saturated rings. The lowest BCUT2D eigenvalue weighted by atomic mass is 9.99. The molecule has 0 aliphatic carbocycles. The van der Waals surface area contributed by atoms with Gasteiger partial charge in [0.15, 0.2) is 12.2 Å². The van der Waals surface area contributed by atoms with Gasteiger partial charge in [0.05, 0.1) is 26.4 Å². The highest BCUT2D eigenvalue weighted by Gasteiger charge is 2.30. The maximum absolute atomic E-state index is 13.1. The van der Waals surface area contributed by atoms with E-state index in [1.807, 2.05) is 0 Å². The first-order valence-corrected chi connectivity index (χ1v) is 44.8. The molecule has 4 unspecified atom stereocenters. The van der Waals surface area contributed by atoms with Crippen molar-refractivity contribution in [3.05, 3.63) is 0 Å². The molecule has 0 aliphatic heterocycles. The van der Waals surface area contributed by atoms with Gasteiger partial charge in [-0.2, -0.15) is 0 Å². The van der Waals surface area contributed by atoms with Crippen LogP contribution in [0.25, 0.3) is 0 Å². The van der Waals surface area contributed by atoms with E-state index in [0.29, 0.717) is 25.7 Å². The maximum atomic E-state index is 13.1. The van der Waals surface area contributed by atoms with Crippen LogP contribution in [-0.2, 0) is 65.4 Å². The fraction of sp³-hybridized carbons (Fsp3) is 0.951. The molecule has 17 nitrogen and oxygen atoms in total. The van der Waals surface area contributed by atoms with Gasteiger partial charge in [0, 0.05) is 25.7 Å². The first-order valence-electron chi connectivity index (χ1n) is 41.8. The molecule has 0 aromatic heterocycles. The standard InChI is InChI=1S/C81H158O17P2/c1-9-73(7)59-51-43-35-29-22-17-15-13-11-12-14-16-18-24-31-37-47-55-63-80(85)97-76(67-91-78(83)61-53-45-36-30-23-20-19-21-27-33-41-49-57-71(3)4)69-95-99(87,88)93-65-75(82)66-94-100(89,90)96-70-77(68-92-79(84)62-54-46-40-39-44-52-60-74(8)10-2)98-81(86)64-56-48-38-32-26-25-28-34-42-50-58-72(5)6/h71-77,82H,9-70H2,1-8H3,(H,87,88)(H,89,90)/t73?,74?,75-,76-,77-/m1/s1. The second-order valence-electron chi connectivity index (χ2n) is 30.6. The molecular weight excluding hydrogens is 1310 g/mol. The van der Waals surface area contributed by atoms with Crippen molar-refractivity contribution in [3.63, 3.8) is 0 Å². The number of phosphoric ester groups is 2. The second kappa shape index (κ2) is 70.1. The fourth-order valence-corrected chi connectivity index (χ4v) is 13.9. The normalized spacial score (nSPS) is 14.6. The zero-order valence-corrected chi connectivity index (χ0v) is 67.6. The lowest BCUT2D eigenvalue weighted by Crippen LogP contribution is -2.30. The third-order valence-electron chi connectivity index (χ3n) is 19.5. The number of hydrogen-bond donors (Lipinski definition) is 3. The van der Waals surface area contributed by atoms with Crippen LogP contribution in [0.15, 0.2) is 0 Å². The molecular formula is C81H158O17P2. The van der Waals surface area contributed by atoms with Crippen LogP contribution in [-0.4, -0.2) is 96.7 Å². The van der Waals surface area contributed by atoms with Gasteiger partial charge in [-0.15, -0.1) is 0 Å². The Morgan fingerprint density at radius 3 is 0.710 bits per heavy atom. The first-order chi connectivity index (χ1) is 48.2. The number of aliphatic hydroxyl groups excluding tert-OH is 1. The Morgan fingerprint density at radius 1 is 0.280 bits per heavy atom. The van der Waals surface area contributed by atoms with Gasteiger partial charge in [0.25, 0.3) is 0 Å². The van der Waals surface area contributed by atoms with Crippen molar-refractivity contribution in [2.45, 2.75) is 433 Å². The minimum absolute atomic E-state index is 0.105. The third-order valence-corrected chi connectivity index (χ3v) is 21.4. The Bertz CT molecular complexity index is 1960. The zero-order valence-electron chi connectivity index (χ0n) is 65.8. The number of esters is 4. The van der Waals surface area contributed by atoms with Crippen molar-refractivity contribution < 1.29 is 80.2 Å². The molecule has 7 atom stereocenters. The molecule has 0 aromatic carbocycles. The van der Waals surface area contributed by atoms with Crippen LogP contribution in [0.4, 0.5) is 0 Å². The summed E-state index contributed by atoms with van der Waals surface area (Å²) in [6.07, 6.45) is 56.9. The van der Waals surface area contributed by atoms with Gasteiger partial charge in [-0.05, 0) is 49.4 Å². The number of phosphoric acid groups is 2. The Labute approximate surface area is 613 Å². The summed E-state index contributed by atoms with van der Waals surface area (Å²) in [6, 6.07) is 0. The Morgan fingerprint density at radius 2 is 0.480 bits per heavy atom. The zero-order chi connectivity index (χ0) is 73.8. The van der Waals surface area contributed by atoms with Gasteiger partial charge in [-0.1, -0.05) is 364 Å². The van der Waals surface area contributed by atoms with E-state index in [1.165, 1.54) is 212 Å². The highest BCUT2D eigenvalue weighted by atomic mass is 31.2. The van der Waals surface area contributed by atoms with Crippen molar-refractivity contribution in [3.8, 4) is 0 Å². The lowest BCUT2D eigenvalue weighted by molar-refractivity contribution is -0.161. The maximum Gasteiger partial charge on any atom is 0.472 e. The average molecular weight is 1470 g/mol. The lowest BCUT2D eigenvalue weighted by Gasteiger charge is -2.21. The molecule has 594 valence electrons. The highest BCUT2D eigenvalue weighted by molar-refractivity contribution is 7.47. The Hall–Kier alpha value is -1.94. The first kappa shape index (κ1) is 98.1. The Balaban J connectivity index is 5.22. The number of aliphatic hydroxyl groups is 1. The fourth-order valence-electron chi connectivity index (χ4n) is 12.4. The molecule has 0 rings (SSSR count). The molecule has 3 N–H and O–H groups in total. The van der Waals surface area contributed by atoms with Crippen molar-refractivity contribution >= 4 is 39.5 Å². The Kier molecular flexibility index (Phi) is 68.7. The summed E-state index contributed by atoms with van der Waals surface area (Å²) in [5.41, 5.74) is 0. The molecule has 0 bridgehead atoms. The van der Waals surface area contributed by atoms with Gasteiger partial charge < -0.3 is 33.8 Å². The highest BCUT2D eigenvalue weighted by Crippen LogP contribution is 2.45. The third kappa shape index (κ3) is 71.7. The summed E-state index contributed by atoms with van der Waals surface area (Å²) in [4.78, 5) is 73.0. The molecule has 0 spiro atoms. The van der Waals surface area contributed by atoms with Gasteiger partial charge in [0.1, 0.15) is 19.3 Å². The van der Waals surface area contributed by atoms with E-state index in [1.54, 1.807) is 0 Å². The topological polar surface area (TPSA) is 237 Å². The molecule has 100 heavy (non-hydrogen) atoms. The molecule has 0 radical (unpaired) electrons. The minimum Gasteiger partial charge on any atom is -0.462 e. The van der Waals surface area contributed by atoms with E-state index in [9.17, 15) is 43.2 Å². The predicted molar refractivity (Wildman–Crippen MR) is 409 cm³/mol. The number of hydrogen-bond acceptors (Lipinski definition) is 15. The molecule has 0 amide bonds. The number of carbonyl (C=O) groups is 4. The van der Waals surface area contributed by atoms with Gasteiger partial charge in [-0.25, -0.2) is 9.13 Å². The molecule has 0 aromatic rings. The number of carbonyl (C=O) groups excluding carboxylic acids is 4. The van der Waals surface area contributed by atoms with E-state index in [-0.39, 0.29) is 25.7 Å². The summed E-state index contributed by atoms with van der Waals surface area (Å²) < 4.78 is 68.7. The van der Waals surface area contributed by atoms with Gasteiger partial charge in [-0.3, -0.25) is 37.3 Å². The van der Waals surface area contributed by atoms with Crippen LogP contribution in [0.5, 0.6) is 0 Å². The van der Waals surface area contributed by atoms with Gasteiger partial charge in [0.2, 0.25) is 0 Å². The average Bonchev–Trinajstić information content (AvgIpc) is 0.947. The second-order valence-corrected chi connectivity index (χ2v) is 33.5. The van der Waals surface area contributed by atoms with Crippen LogP contribution >= 0.6 is 15.6 Å². The molecule has 0 heterocycles.